The molecule has 0 N–H and O–H groups in total. The fourth-order valence-corrected chi connectivity index (χ4v) is 8.54. The van der Waals surface area contributed by atoms with Gasteiger partial charge < -0.3 is 8.84 Å². The average molecular weight is 282 g/mol. The first-order chi connectivity index (χ1) is 8.64. The summed E-state index contributed by atoms with van der Waals surface area (Å²) in [7, 11) is -1.90. The van der Waals surface area contributed by atoms with E-state index in [1.54, 1.807) is 0 Å². The van der Waals surface area contributed by atoms with E-state index < -0.39 is 8.32 Å². The monoisotopic (exact) mass is 282 g/mol. The molecule has 0 amide bonds. The molecule has 1 aromatic heterocycles. The van der Waals surface area contributed by atoms with Crippen LogP contribution in [-0.2, 0) is 0 Å². The Labute approximate surface area is 119 Å². The molecule has 0 saturated carbocycles. The van der Waals surface area contributed by atoms with E-state index in [1.807, 2.05) is 6.92 Å². The lowest BCUT2D eigenvalue weighted by atomic mass is 10.2. The van der Waals surface area contributed by atoms with Gasteiger partial charge in [0.2, 0.25) is 0 Å². The predicted molar refractivity (Wildman–Crippen MR) is 84.6 cm³/mol. The Kier molecular flexibility index (Phi) is 4.94. The summed E-state index contributed by atoms with van der Waals surface area (Å²) in [5.41, 5.74) is 4.08. The molecule has 0 aromatic carbocycles. The van der Waals surface area contributed by atoms with Crippen LogP contribution >= 0.6 is 0 Å². The van der Waals surface area contributed by atoms with Crippen LogP contribution in [-0.4, -0.2) is 8.32 Å². The smallest absolute Gasteiger partial charge is 0.274 e. The van der Waals surface area contributed by atoms with Crippen molar-refractivity contribution in [2.24, 2.45) is 0 Å². The summed E-state index contributed by atoms with van der Waals surface area (Å²) >= 11 is 0. The zero-order valence-corrected chi connectivity index (χ0v) is 15.0. The first-order valence-corrected chi connectivity index (χ1v) is 9.54. The Morgan fingerprint density at radius 1 is 0.789 bits per heavy atom. The first kappa shape index (κ1) is 16.4. The van der Waals surface area contributed by atoms with Gasteiger partial charge in [-0.05, 0) is 43.0 Å². The van der Waals surface area contributed by atoms with Gasteiger partial charge in [0.25, 0.3) is 14.3 Å². The second-order valence-electron chi connectivity index (χ2n) is 6.62. The highest BCUT2D eigenvalue weighted by atomic mass is 28.4. The summed E-state index contributed by atoms with van der Waals surface area (Å²) in [5.74, 6) is 1.74. The molecule has 0 fully saturated rings. The molecule has 0 unspecified atom stereocenters. The standard InChI is InChI=1S/C16H30O2Si/c1-10(2)19(11(3)4,12(5)6)18-16-14(8)13(7)15(9)17-16/h10-12H,1-9H3. The van der Waals surface area contributed by atoms with E-state index in [4.69, 9.17) is 8.84 Å². The van der Waals surface area contributed by atoms with Gasteiger partial charge in [0.05, 0.1) is 0 Å². The second kappa shape index (κ2) is 5.74. The van der Waals surface area contributed by atoms with E-state index in [1.165, 1.54) is 5.56 Å². The quantitative estimate of drug-likeness (QED) is 0.641. The van der Waals surface area contributed by atoms with E-state index >= 15 is 0 Å². The van der Waals surface area contributed by atoms with Crippen molar-refractivity contribution >= 4 is 8.32 Å². The summed E-state index contributed by atoms with van der Waals surface area (Å²) in [6, 6.07) is 0. The average Bonchev–Trinajstić information content (AvgIpc) is 2.52. The minimum Gasteiger partial charge on any atom is -0.518 e. The highest BCUT2D eigenvalue weighted by molar-refractivity contribution is 6.78. The van der Waals surface area contributed by atoms with E-state index in [9.17, 15) is 0 Å². The molecular formula is C16H30O2Si. The summed E-state index contributed by atoms with van der Waals surface area (Å²) in [4.78, 5) is 0. The fraction of sp³-hybridized carbons (Fsp3) is 0.750. The molecule has 0 saturated heterocycles. The van der Waals surface area contributed by atoms with Gasteiger partial charge in [-0.3, -0.25) is 0 Å². The summed E-state index contributed by atoms with van der Waals surface area (Å²) in [6.45, 7) is 20.0. The van der Waals surface area contributed by atoms with Crippen LogP contribution in [0.3, 0.4) is 0 Å². The Balaban J connectivity index is 3.25. The molecule has 110 valence electrons. The summed E-state index contributed by atoms with van der Waals surface area (Å²) in [6.07, 6.45) is 0. The molecule has 19 heavy (non-hydrogen) atoms. The number of aryl methyl sites for hydroxylation is 1. The molecule has 1 heterocycles. The summed E-state index contributed by atoms with van der Waals surface area (Å²) in [5, 5.41) is 0. The van der Waals surface area contributed by atoms with Gasteiger partial charge in [0, 0.05) is 5.56 Å². The van der Waals surface area contributed by atoms with Crippen molar-refractivity contribution in [3.8, 4) is 5.95 Å². The van der Waals surface area contributed by atoms with Crippen molar-refractivity contribution in [2.45, 2.75) is 78.9 Å². The van der Waals surface area contributed by atoms with Gasteiger partial charge in [0.1, 0.15) is 5.76 Å². The minimum absolute atomic E-state index is 0.567. The van der Waals surface area contributed by atoms with Gasteiger partial charge in [-0.25, -0.2) is 0 Å². The third-order valence-corrected chi connectivity index (χ3v) is 10.6. The topological polar surface area (TPSA) is 22.4 Å². The molecule has 0 radical (unpaired) electrons. The van der Waals surface area contributed by atoms with E-state index in [0.29, 0.717) is 16.6 Å². The molecule has 1 rings (SSSR count). The van der Waals surface area contributed by atoms with Crippen LogP contribution in [0.1, 0.15) is 58.4 Å². The van der Waals surface area contributed by atoms with Crippen molar-refractivity contribution in [1.29, 1.82) is 0 Å². The molecule has 0 aliphatic rings. The molecule has 0 spiro atoms. The normalized spacial score (nSPS) is 12.8. The van der Waals surface area contributed by atoms with Gasteiger partial charge in [-0.2, -0.15) is 0 Å². The Bertz CT molecular complexity index is 408. The lowest BCUT2D eigenvalue weighted by Gasteiger charge is -2.41. The van der Waals surface area contributed by atoms with E-state index in [-0.39, 0.29) is 0 Å². The SMILES string of the molecule is Cc1oc(O[Si](C(C)C)(C(C)C)C(C)C)c(C)c1C. The Morgan fingerprint density at radius 2 is 1.21 bits per heavy atom. The zero-order valence-electron chi connectivity index (χ0n) is 14.0. The van der Waals surface area contributed by atoms with Crippen LogP contribution in [0.25, 0.3) is 0 Å². The first-order valence-electron chi connectivity index (χ1n) is 7.40. The molecule has 0 bridgehead atoms. The van der Waals surface area contributed by atoms with Crippen molar-refractivity contribution in [2.75, 3.05) is 0 Å². The van der Waals surface area contributed by atoms with Crippen LogP contribution in [0.2, 0.25) is 16.6 Å². The van der Waals surface area contributed by atoms with Crippen molar-refractivity contribution < 1.29 is 8.84 Å². The fourth-order valence-electron chi connectivity index (χ4n) is 3.32. The number of hydrogen-bond donors (Lipinski definition) is 0. The van der Waals surface area contributed by atoms with Gasteiger partial charge in [-0.15, -0.1) is 0 Å². The predicted octanol–water partition coefficient (Wildman–Crippen LogP) is 5.76. The molecule has 1 aromatic rings. The third-order valence-electron chi connectivity index (χ3n) is 4.62. The van der Waals surface area contributed by atoms with Crippen LogP contribution in [0.15, 0.2) is 4.42 Å². The minimum atomic E-state index is -1.90. The number of rotatable bonds is 5. The van der Waals surface area contributed by atoms with Crippen molar-refractivity contribution in [3.63, 3.8) is 0 Å². The van der Waals surface area contributed by atoms with Crippen LogP contribution in [0, 0.1) is 20.8 Å². The second-order valence-corrected chi connectivity index (χ2v) is 12.0. The molecule has 0 aliphatic carbocycles. The number of furan rings is 1. The zero-order chi connectivity index (χ0) is 15.0. The maximum Gasteiger partial charge on any atom is 0.274 e. The molecule has 0 atom stereocenters. The van der Waals surface area contributed by atoms with E-state index in [0.717, 1.165) is 17.3 Å². The van der Waals surface area contributed by atoms with Crippen LogP contribution in [0.5, 0.6) is 5.95 Å². The lowest BCUT2D eigenvalue weighted by molar-refractivity contribution is 0.347. The van der Waals surface area contributed by atoms with Gasteiger partial charge >= 0.3 is 0 Å². The maximum atomic E-state index is 6.59. The molecular weight excluding hydrogens is 252 g/mol. The summed E-state index contributed by atoms with van der Waals surface area (Å²) < 4.78 is 12.5. The lowest BCUT2D eigenvalue weighted by Crippen LogP contribution is -2.50. The van der Waals surface area contributed by atoms with Crippen LogP contribution in [0.4, 0.5) is 0 Å². The van der Waals surface area contributed by atoms with E-state index in [2.05, 4.69) is 55.4 Å². The number of hydrogen-bond acceptors (Lipinski definition) is 2. The van der Waals surface area contributed by atoms with Crippen LogP contribution < -0.4 is 4.43 Å². The molecule has 3 heteroatoms. The van der Waals surface area contributed by atoms with Crippen molar-refractivity contribution in [3.05, 3.63) is 16.9 Å². The molecule has 0 aliphatic heterocycles. The third kappa shape index (κ3) is 2.76. The Hall–Kier alpha value is -0.703. The molecule has 2 nitrogen and oxygen atoms in total. The largest absolute Gasteiger partial charge is 0.518 e. The van der Waals surface area contributed by atoms with Gasteiger partial charge in [0.15, 0.2) is 0 Å². The highest BCUT2D eigenvalue weighted by Gasteiger charge is 2.48. The van der Waals surface area contributed by atoms with Gasteiger partial charge in [-0.1, -0.05) is 41.5 Å². The van der Waals surface area contributed by atoms with Crippen molar-refractivity contribution in [1.82, 2.24) is 0 Å². The highest BCUT2D eigenvalue weighted by Crippen LogP contribution is 2.44. The Morgan fingerprint density at radius 3 is 1.47 bits per heavy atom. The maximum absolute atomic E-state index is 6.59.